The Kier molecular flexibility index (Phi) is 1.47. The zero-order chi connectivity index (χ0) is 9.12. The van der Waals surface area contributed by atoms with Crippen molar-refractivity contribution < 1.29 is 9.47 Å². The third kappa shape index (κ3) is 1.10. The first-order valence-electron chi connectivity index (χ1n) is 5.91. The van der Waals surface area contributed by atoms with Crippen LogP contribution in [0.3, 0.4) is 0 Å². The second-order valence-corrected chi connectivity index (χ2v) is 5.15. The Bertz CT molecular complexity index is 258. The van der Waals surface area contributed by atoms with Gasteiger partial charge in [0.15, 0.2) is 0 Å². The first kappa shape index (κ1) is 7.89. The zero-order valence-electron chi connectivity index (χ0n) is 8.26. The van der Waals surface area contributed by atoms with E-state index in [4.69, 9.17) is 9.47 Å². The summed E-state index contributed by atoms with van der Waals surface area (Å²) in [6.45, 7) is 0. The highest BCUT2D eigenvalue weighted by Gasteiger charge is 2.51. The van der Waals surface area contributed by atoms with E-state index in [9.17, 15) is 0 Å². The minimum atomic E-state index is 0.587. The molecule has 0 N–H and O–H groups in total. The number of epoxide rings is 2. The number of hydrogen-bond acceptors (Lipinski definition) is 2. The molecule has 2 heteroatoms. The molecule has 2 heterocycles. The number of hydrogen-bond donors (Lipinski definition) is 0. The third-order valence-electron chi connectivity index (χ3n) is 4.26. The fraction of sp³-hybridized carbons (Fsp3) is 0.833. The van der Waals surface area contributed by atoms with E-state index in [2.05, 4.69) is 12.2 Å². The summed E-state index contributed by atoms with van der Waals surface area (Å²) in [5, 5.41) is 0. The molecule has 14 heavy (non-hydrogen) atoms. The third-order valence-corrected chi connectivity index (χ3v) is 4.26. The highest BCUT2D eigenvalue weighted by atomic mass is 16.6. The molecule has 0 spiro atoms. The van der Waals surface area contributed by atoms with Crippen molar-refractivity contribution in [1.29, 1.82) is 0 Å². The molecule has 4 fully saturated rings. The second-order valence-electron chi connectivity index (χ2n) is 5.15. The Balaban J connectivity index is 1.41. The molecule has 4 rings (SSSR count). The lowest BCUT2D eigenvalue weighted by atomic mass is 10.0. The molecule has 2 nitrogen and oxygen atoms in total. The van der Waals surface area contributed by atoms with Crippen molar-refractivity contribution in [1.82, 2.24) is 0 Å². The van der Waals surface area contributed by atoms with Crippen LogP contribution in [0.4, 0.5) is 0 Å². The lowest BCUT2D eigenvalue weighted by Crippen LogP contribution is -2.03. The predicted octanol–water partition coefficient (Wildman–Crippen LogP) is 1.90. The van der Waals surface area contributed by atoms with Crippen molar-refractivity contribution in [2.45, 2.75) is 50.1 Å². The SMILES string of the molecule is C(=CC1CCC2OC12)C1CCC2OC12. The first-order valence-corrected chi connectivity index (χ1v) is 5.91. The summed E-state index contributed by atoms with van der Waals surface area (Å²) in [4.78, 5) is 0. The smallest absolute Gasteiger partial charge is 0.0904 e. The van der Waals surface area contributed by atoms with Crippen LogP contribution in [-0.2, 0) is 9.47 Å². The summed E-state index contributed by atoms with van der Waals surface area (Å²) in [5.41, 5.74) is 0. The average Bonchev–Trinajstić information content (AvgIpc) is 3.08. The Morgan fingerprint density at radius 2 is 1.21 bits per heavy atom. The van der Waals surface area contributed by atoms with Gasteiger partial charge in [-0.3, -0.25) is 0 Å². The fourth-order valence-corrected chi connectivity index (χ4v) is 3.27. The number of rotatable bonds is 2. The quantitative estimate of drug-likeness (QED) is 0.493. The van der Waals surface area contributed by atoms with Crippen LogP contribution in [0.15, 0.2) is 12.2 Å². The first-order chi connectivity index (χ1) is 6.92. The largest absolute Gasteiger partial charge is 0.369 e. The average molecular weight is 192 g/mol. The van der Waals surface area contributed by atoms with E-state index in [-0.39, 0.29) is 0 Å². The van der Waals surface area contributed by atoms with E-state index < -0.39 is 0 Å². The standard InChI is InChI=1S/C12H16O2/c1(7-3-5-9-11(7)13-9)2-8-4-6-10-12(8)14-10/h1-2,7-12H,3-6H2. The van der Waals surface area contributed by atoms with Gasteiger partial charge in [0, 0.05) is 11.8 Å². The molecule has 0 aromatic rings. The Morgan fingerprint density at radius 3 is 1.50 bits per heavy atom. The Morgan fingerprint density at radius 1 is 0.714 bits per heavy atom. The van der Waals surface area contributed by atoms with Crippen LogP contribution in [0.25, 0.3) is 0 Å². The topological polar surface area (TPSA) is 25.1 Å². The van der Waals surface area contributed by atoms with Crippen LogP contribution in [0.5, 0.6) is 0 Å². The predicted molar refractivity (Wildman–Crippen MR) is 51.9 cm³/mol. The molecule has 0 aromatic carbocycles. The zero-order valence-corrected chi connectivity index (χ0v) is 8.26. The molecule has 4 aliphatic rings. The Labute approximate surface area is 84.3 Å². The van der Waals surface area contributed by atoms with Crippen molar-refractivity contribution in [2.75, 3.05) is 0 Å². The highest BCUT2D eigenvalue weighted by Crippen LogP contribution is 2.46. The molecule has 2 saturated carbocycles. The van der Waals surface area contributed by atoms with Gasteiger partial charge in [-0.25, -0.2) is 0 Å². The lowest BCUT2D eigenvalue weighted by molar-refractivity contribution is 0.283. The summed E-state index contributed by atoms with van der Waals surface area (Å²) in [6.07, 6.45) is 12.5. The number of ether oxygens (including phenoxy) is 2. The molecule has 0 amide bonds. The molecular weight excluding hydrogens is 176 g/mol. The summed E-state index contributed by atoms with van der Waals surface area (Å²) >= 11 is 0. The monoisotopic (exact) mass is 192 g/mol. The van der Waals surface area contributed by atoms with Crippen LogP contribution in [0.1, 0.15) is 25.7 Å². The van der Waals surface area contributed by atoms with E-state index in [1.807, 2.05) is 0 Å². The van der Waals surface area contributed by atoms with Crippen LogP contribution in [0, 0.1) is 11.8 Å². The Hall–Kier alpha value is -0.340. The fourth-order valence-electron chi connectivity index (χ4n) is 3.27. The van der Waals surface area contributed by atoms with E-state index in [1.54, 1.807) is 0 Å². The maximum absolute atomic E-state index is 5.54. The van der Waals surface area contributed by atoms with Gasteiger partial charge in [0.25, 0.3) is 0 Å². The molecule has 2 aliphatic carbocycles. The van der Waals surface area contributed by atoms with Crippen molar-refractivity contribution in [3.05, 3.63) is 12.2 Å². The molecule has 0 bridgehead atoms. The maximum atomic E-state index is 5.54. The molecule has 76 valence electrons. The van der Waals surface area contributed by atoms with Crippen molar-refractivity contribution in [3.63, 3.8) is 0 Å². The molecule has 6 unspecified atom stereocenters. The van der Waals surface area contributed by atoms with Gasteiger partial charge in [-0.2, -0.15) is 0 Å². The van der Waals surface area contributed by atoms with Crippen LogP contribution >= 0.6 is 0 Å². The lowest BCUT2D eigenvalue weighted by Gasteiger charge is -2.07. The van der Waals surface area contributed by atoms with E-state index >= 15 is 0 Å². The summed E-state index contributed by atoms with van der Waals surface area (Å²) in [5.74, 6) is 1.44. The van der Waals surface area contributed by atoms with Gasteiger partial charge in [-0.15, -0.1) is 0 Å². The van der Waals surface area contributed by atoms with E-state index in [0.29, 0.717) is 24.4 Å². The van der Waals surface area contributed by atoms with Crippen molar-refractivity contribution in [2.24, 2.45) is 11.8 Å². The highest BCUT2D eigenvalue weighted by molar-refractivity contribution is 5.11. The van der Waals surface area contributed by atoms with Crippen LogP contribution in [-0.4, -0.2) is 24.4 Å². The van der Waals surface area contributed by atoms with Crippen molar-refractivity contribution >= 4 is 0 Å². The van der Waals surface area contributed by atoms with Crippen molar-refractivity contribution in [3.8, 4) is 0 Å². The normalized spacial score (nSPS) is 58.9. The van der Waals surface area contributed by atoms with Gasteiger partial charge in [-0.05, 0) is 25.7 Å². The minimum Gasteiger partial charge on any atom is -0.369 e. The maximum Gasteiger partial charge on any atom is 0.0904 e. The molecule has 2 aliphatic heterocycles. The molecule has 2 saturated heterocycles. The summed E-state index contributed by atoms with van der Waals surface area (Å²) in [7, 11) is 0. The van der Waals surface area contributed by atoms with Gasteiger partial charge in [0.1, 0.15) is 0 Å². The molecule has 6 atom stereocenters. The van der Waals surface area contributed by atoms with Crippen LogP contribution in [0.2, 0.25) is 0 Å². The van der Waals surface area contributed by atoms with Gasteiger partial charge in [0.2, 0.25) is 0 Å². The van der Waals surface area contributed by atoms with E-state index in [0.717, 1.165) is 11.8 Å². The molecule has 0 aromatic heterocycles. The second kappa shape index (κ2) is 2.61. The van der Waals surface area contributed by atoms with Gasteiger partial charge in [-0.1, -0.05) is 12.2 Å². The number of fused-ring (bicyclic) bond motifs is 2. The summed E-state index contributed by atoms with van der Waals surface area (Å²) in [6, 6.07) is 0. The van der Waals surface area contributed by atoms with E-state index in [1.165, 1.54) is 25.7 Å². The van der Waals surface area contributed by atoms with Gasteiger partial charge < -0.3 is 9.47 Å². The van der Waals surface area contributed by atoms with Crippen LogP contribution < -0.4 is 0 Å². The summed E-state index contributed by atoms with van der Waals surface area (Å²) < 4.78 is 11.1. The van der Waals surface area contributed by atoms with Gasteiger partial charge in [0.05, 0.1) is 24.4 Å². The molecular formula is C12H16O2. The molecule has 0 radical (unpaired) electrons. The van der Waals surface area contributed by atoms with Gasteiger partial charge >= 0.3 is 0 Å². The minimum absolute atomic E-state index is 0.587.